The molecule has 136 valence electrons. The lowest BCUT2D eigenvalue weighted by Crippen LogP contribution is -2.34. The first-order valence-electron chi connectivity index (χ1n) is 9.24. The number of benzene rings is 1. The number of nitrogens with zero attached hydrogens (tertiary/aromatic N) is 6. The number of hydrogen-bond acceptors (Lipinski definition) is 5. The second kappa shape index (κ2) is 6.99. The molecule has 1 aliphatic heterocycles. The van der Waals surface area contributed by atoms with Crippen LogP contribution < -0.4 is 5.56 Å². The van der Waals surface area contributed by atoms with Gasteiger partial charge in [-0.05, 0) is 63.0 Å². The van der Waals surface area contributed by atoms with Crippen LogP contribution in [0.1, 0.15) is 30.4 Å². The van der Waals surface area contributed by atoms with E-state index >= 15 is 0 Å². The number of likely N-dealkylation sites (tertiary alicyclic amines) is 1. The van der Waals surface area contributed by atoms with Crippen molar-refractivity contribution in [2.75, 3.05) is 19.6 Å². The second-order valence-electron chi connectivity index (χ2n) is 7.09. The van der Waals surface area contributed by atoms with Gasteiger partial charge < -0.3 is 4.90 Å². The highest BCUT2D eigenvalue weighted by atomic mass is 16.1. The summed E-state index contributed by atoms with van der Waals surface area (Å²) in [6.07, 6.45) is 5.42. The fraction of sp³-hybridized carbons (Fsp3) is 0.474. The molecule has 2 aromatic heterocycles. The molecule has 0 saturated carbocycles. The molecule has 0 unspecified atom stereocenters. The van der Waals surface area contributed by atoms with Crippen LogP contribution in [-0.4, -0.2) is 49.1 Å². The standard InChI is InChI=1S/C19H24N6O/c1-14-6-7-16(12-15(14)2)25-18-17(21-22-25)19(26)24(13-20-18)11-10-23-8-4-3-5-9-23/h6-7,12-13H,3-5,8-11H2,1-2H3. The lowest BCUT2D eigenvalue weighted by molar-refractivity contribution is 0.220. The van der Waals surface area contributed by atoms with E-state index in [-0.39, 0.29) is 5.56 Å². The van der Waals surface area contributed by atoms with Gasteiger partial charge in [0.1, 0.15) is 6.33 Å². The molecule has 0 radical (unpaired) electrons. The van der Waals surface area contributed by atoms with Gasteiger partial charge in [-0.25, -0.2) is 4.98 Å². The predicted octanol–water partition coefficient (Wildman–Crippen LogP) is 2.08. The molecule has 0 amide bonds. The minimum Gasteiger partial charge on any atom is -0.302 e. The molecule has 0 aliphatic carbocycles. The fourth-order valence-corrected chi connectivity index (χ4v) is 3.47. The minimum absolute atomic E-state index is 0.123. The summed E-state index contributed by atoms with van der Waals surface area (Å²) >= 11 is 0. The van der Waals surface area contributed by atoms with E-state index in [4.69, 9.17) is 0 Å². The first-order valence-corrected chi connectivity index (χ1v) is 9.24. The van der Waals surface area contributed by atoms with Gasteiger partial charge in [-0.1, -0.05) is 17.7 Å². The third kappa shape index (κ3) is 3.14. The van der Waals surface area contributed by atoms with Crippen LogP contribution in [0.25, 0.3) is 16.9 Å². The molecule has 0 bridgehead atoms. The van der Waals surface area contributed by atoms with Gasteiger partial charge in [0.05, 0.1) is 5.69 Å². The monoisotopic (exact) mass is 352 g/mol. The van der Waals surface area contributed by atoms with E-state index in [0.29, 0.717) is 17.7 Å². The average molecular weight is 352 g/mol. The highest BCUT2D eigenvalue weighted by molar-refractivity contribution is 5.70. The van der Waals surface area contributed by atoms with Gasteiger partial charge in [0.25, 0.3) is 5.56 Å². The van der Waals surface area contributed by atoms with Crippen molar-refractivity contribution in [1.82, 2.24) is 29.4 Å². The van der Waals surface area contributed by atoms with Crippen LogP contribution in [0, 0.1) is 13.8 Å². The molecule has 0 atom stereocenters. The van der Waals surface area contributed by atoms with E-state index in [2.05, 4.69) is 34.0 Å². The van der Waals surface area contributed by atoms with Crippen LogP contribution in [0.3, 0.4) is 0 Å². The molecule has 1 aliphatic rings. The van der Waals surface area contributed by atoms with Crippen LogP contribution in [0.2, 0.25) is 0 Å². The summed E-state index contributed by atoms with van der Waals surface area (Å²) in [4.78, 5) is 19.6. The van der Waals surface area contributed by atoms with Crippen molar-refractivity contribution >= 4 is 11.2 Å². The minimum atomic E-state index is -0.123. The van der Waals surface area contributed by atoms with Crippen molar-refractivity contribution in [1.29, 1.82) is 0 Å². The van der Waals surface area contributed by atoms with Gasteiger partial charge in [-0.3, -0.25) is 9.36 Å². The Kier molecular flexibility index (Phi) is 4.55. The van der Waals surface area contributed by atoms with Crippen LogP contribution in [0.4, 0.5) is 0 Å². The van der Waals surface area contributed by atoms with E-state index in [1.807, 2.05) is 18.2 Å². The Morgan fingerprint density at radius 3 is 2.62 bits per heavy atom. The largest absolute Gasteiger partial charge is 0.302 e. The van der Waals surface area contributed by atoms with Gasteiger partial charge >= 0.3 is 0 Å². The topological polar surface area (TPSA) is 68.8 Å². The Morgan fingerprint density at radius 1 is 1.04 bits per heavy atom. The summed E-state index contributed by atoms with van der Waals surface area (Å²) in [5.41, 5.74) is 3.96. The van der Waals surface area contributed by atoms with Crippen molar-refractivity contribution in [3.05, 3.63) is 46.0 Å². The molecule has 26 heavy (non-hydrogen) atoms. The second-order valence-corrected chi connectivity index (χ2v) is 7.09. The van der Waals surface area contributed by atoms with Gasteiger partial charge in [-0.15, -0.1) is 5.10 Å². The summed E-state index contributed by atoms with van der Waals surface area (Å²) in [6.45, 7) is 7.87. The number of piperidine rings is 1. The molecular weight excluding hydrogens is 328 g/mol. The maximum atomic E-state index is 12.8. The summed E-state index contributed by atoms with van der Waals surface area (Å²) in [6, 6.07) is 6.05. The van der Waals surface area contributed by atoms with Gasteiger partial charge in [-0.2, -0.15) is 4.68 Å². The maximum Gasteiger partial charge on any atom is 0.283 e. The first kappa shape index (κ1) is 16.9. The Morgan fingerprint density at radius 2 is 1.85 bits per heavy atom. The molecule has 3 aromatic rings. The van der Waals surface area contributed by atoms with Crippen molar-refractivity contribution in [2.24, 2.45) is 0 Å². The quantitative estimate of drug-likeness (QED) is 0.719. The lowest BCUT2D eigenvalue weighted by Gasteiger charge is -2.26. The third-order valence-electron chi connectivity index (χ3n) is 5.27. The van der Waals surface area contributed by atoms with Crippen LogP contribution in [-0.2, 0) is 6.54 Å². The normalized spacial score (nSPS) is 15.6. The number of fused-ring (bicyclic) bond motifs is 1. The zero-order valence-corrected chi connectivity index (χ0v) is 15.4. The lowest BCUT2D eigenvalue weighted by atomic mass is 10.1. The molecule has 0 N–H and O–H groups in total. The number of rotatable bonds is 4. The Balaban J connectivity index is 1.62. The molecule has 7 heteroatoms. The molecule has 0 spiro atoms. The highest BCUT2D eigenvalue weighted by Crippen LogP contribution is 2.16. The number of aromatic nitrogens is 5. The predicted molar refractivity (Wildman–Crippen MR) is 101 cm³/mol. The zero-order valence-electron chi connectivity index (χ0n) is 15.4. The molecule has 3 heterocycles. The molecule has 1 saturated heterocycles. The SMILES string of the molecule is Cc1ccc(-n2nnc3c(=O)n(CCN4CCCCC4)cnc32)cc1C. The molecule has 1 aromatic carbocycles. The summed E-state index contributed by atoms with van der Waals surface area (Å²) < 4.78 is 3.29. The fourth-order valence-electron chi connectivity index (χ4n) is 3.47. The van der Waals surface area contributed by atoms with Crippen LogP contribution in [0.15, 0.2) is 29.3 Å². The van der Waals surface area contributed by atoms with E-state index < -0.39 is 0 Å². The van der Waals surface area contributed by atoms with Gasteiger partial charge in [0.15, 0.2) is 11.2 Å². The van der Waals surface area contributed by atoms with E-state index in [1.165, 1.54) is 30.4 Å². The average Bonchev–Trinajstić information content (AvgIpc) is 3.09. The third-order valence-corrected chi connectivity index (χ3v) is 5.27. The Hall–Kier alpha value is -2.54. The summed E-state index contributed by atoms with van der Waals surface area (Å²) in [7, 11) is 0. The summed E-state index contributed by atoms with van der Waals surface area (Å²) in [5.74, 6) is 0. The van der Waals surface area contributed by atoms with Crippen molar-refractivity contribution in [3.63, 3.8) is 0 Å². The first-order chi connectivity index (χ1) is 12.6. The molecule has 7 nitrogen and oxygen atoms in total. The van der Waals surface area contributed by atoms with Gasteiger partial charge in [0, 0.05) is 13.1 Å². The molecule has 1 fully saturated rings. The number of hydrogen-bond donors (Lipinski definition) is 0. The Bertz CT molecular complexity index is 983. The van der Waals surface area contributed by atoms with Crippen molar-refractivity contribution in [2.45, 2.75) is 39.7 Å². The van der Waals surface area contributed by atoms with Crippen LogP contribution in [0.5, 0.6) is 0 Å². The van der Waals surface area contributed by atoms with E-state index in [9.17, 15) is 4.79 Å². The van der Waals surface area contributed by atoms with E-state index in [0.717, 1.165) is 25.3 Å². The zero-order chi connectivity index (χ0) is 18.1. The molecular formula is C19H24N6O. The van der Waals surface area contributed by atoms with Crippen molar-refractivity contribution in [3.8, 4) is 5.69 Å². The van der Waals surface area contributed by atoms with E-state index in [1.54, 1.807) is 15.6 Å². The summed E-state index contributed by atoms with van der Waals surface area (Å²) in [5, 5.41) is 8.27. The highest BCUT2D eigenvalue weighted by Gasteiger charge is 2.15. The maximum absolute atomic E-state index is 12.8. The number of aryl methyl sites for hydroxylation is 2. The van der Waals surface area contributed by atoms with Crippen molar-refractivity contribution < 1.29 is 0 Å². The smallest absolute Gasteiger partial charge is 0.283 e. The Labute approximate surface area is 152 Å². The van der Waals surface area contributed by atoms with Crippen LogP contribution >= 0.6 is 0 Å². The molecule has 4 rings (SSSR count). The van der Waals surface area contributed by atoms with Gasteiger partial charge in [0.2, 0.25) is 0 Å².